The minimum absolute atomic E-state index is 0.352. The fraction of sp³-hybridized carbons (Fsp3) is 1.00. The molecule has 2 fully saturated rings. The Kier molecular flexibility index (Phi) is 5.93. The van der Waals surface area contributed by atoms with Crippen molar-refractivity contribution in [2.24, 2.45) is 5.92 Å². The van der Waals surface area contributed by atoms with Crippen LogP contribution < -0.4 is 5.32 Å². The van der Waals surface area contributed by atoms with Crippen LogP contribution in [0.2, 0.25) is 0 Å². The van der Waals surface area contributed by atoms with Crippen LogP contribution in [0.25, 0.3) is 0 Å². The topological polar surface area (TPSA) is 30.5 Å². The highest BCUT2D eigenvalue weighted by atomic mass is 16.5. The van der Waals surface area contributed by atoms with E-state index in [0.717, 1.165) is 31.9 Å². The Morgan fingerprint density at radius 2 is 1.78 bits per heavy atom. The lowest BCUT2D eigenvalue weighted by atomic mass is 10.0. The Morgan fingerprint density at radius 1 is 1.11 bits per heavy atom. The van der Waals surface area contributed by atoms with Crippen LogP contribution in [0, 0.1) is 5.92 Å². The Morgan fingerprint density at radius 3 is 2.44 bits per heavy atom. The molecule has 1 aliphatic carbocycles. The molecule has 18 heavy (non-hydrogen) atoms. The molecule has 3 nitrogen and oxygen atoms in total. The number of rotatable bonds is 6. The Hall–Kier alpha value is -0.120. The van der Waals surface area contributed by atoms with E-state index in [9.17, 15) is 0 Å². The maximum atomic E-state index is 5.95. The minimum atomic E-state index is 0.352. The van der Waals surface area contributed by atoms with Crippen LogP contribution >= 0.6 is 0 Å². The number of ether oxygens (including phenoxy) is 2. The van der Waals surface area contributed by atoms with Crippen LogP contribution in [-0.4, -0.2) is 38.0 Å². The van der Waals surface area contributed by atoms with Gasteiger partial charge in [0, 0.05) is 6.54 Å². The molecule has 0 aromatic rings. The highest BCUT2D eigenvalue weighted by molar-refractivity contribution is 4.74. The first-order valence-corrected chi connectivity index (χ1v) is 7.72. The van der Waals surface area contributed by atoms with Gasteiger partial charge >= 0.3 is 0 Å². The highest BCUT2D eigenvalue weighted by Gasteiger charge is 2.24. The summed E-state index contributed by atoms with van der Waals surface area (Å²) in [6.07, 6.45) is 8.90. The van der Waals surface area contributed by atoms with Crippen LogP contribution in [0.1, 0.15) is 52.4 Å². The zero-order valence-corrected chi connectivity index (χ0v) is 12.0. The summed E-state index contributed by atoms with van der Waals surface area (Å²) in [7, 11) is 0. The van der Waals surface area contributed by atoms with Gasteiger partial charge in [-0.05, 0) is 52.0 Å². The largest absolute Gasteiger partial charge is 0.377 e. The summed E-state index contributed by atoms with van der Waals surface area (Å²) in [5.74, 6) is 0.924. The predicted molar refractivity (Wildman–Crippen MR) is 73.8 cm³/mol. The molecule has 0 amide bonds. The fourth-order valence-electron chi connectivity index (χ4n) is 3.30. The monoisotopic (exact) mass is 255 g/mol. The van der Waals surface area contributed by atoms with Crippen molar-refractivity contribution in [3.05, 3.63) is 0 Å². The second-order valence-corrected chi connectivity index (χ2v) is 6.08. The van der Waals surface area contributed by atoms with Gasteiger partial charge in [-0.2, -0.15) is 0 Å². The molecule has 2 aliphatic rings. The standard InChI is InChI=1S/C15H29NO2/c1-12-9-15(10-13(2)18-12)17-8-7-16-11-14-5-3-4-6-14/h12-16H,3-11H2,1-2H3. The molecule has 1 heterocycles. The van der Waals surface area contributed by atoms with Crippen molar-refractivity contribution < 1.29 is 9.47 Å². The molecule has 2 atom stereocenters. The quantitative estimate of drug-likeness (QED) is 0.740. The lowest BCUT2D eigenvalue weighted by molar-refractivity contribution is -0.101. The van der Waals surface area contributed by atoms with Gasteiger partial charge in [-0.1, -0.05) is 12.8 Å². The number of hydrogen-bond acceptors (Lipinski definition) is 3. The second kappa shape index (κ2) is 7.46. The average molecular weight is 255 g/mol. The van der Waals surface area contributed by atoms with Gasteiger partial charge in [-0.3, -0.25) is 0 Å². The maximum Gasteiger partial charge on any atom is 0.0625 e. The molecule has 1 N–H and O–H groups in total. The first-order valence-electron chi connectivity index (χ1n) is 7.72. The zero-order valence-electron chi connectivity index (χ0n) is 12.0. The van der Waals surface area contributed by atoms with Crippen molar-refractivity contribution in [1.29, 1.82) is 0 Å². The first-order chi connectivity index (χ1) is 8.74. The molecule has 0 radical (unpaired) electrons. The first kappa shape index (κ1) is 14.3. The zero-order chi connectivity index (χ0) is 12.8. The van der Waals surface area contributed by atoms with Crippen LogP contribution in [0.4, 0.5) is 0 Å². The Balaban J connectivity index is 1.49. The van der Waals surface area contributed by atoms with E-state index < -0.39 is 0 Å². The fourth-order valence-corrected chi connectivity index (χ4v) is 3.30. The van der Waals surface area contributed by atoms with Gasteiger partial charge in [0.25, 0.3) is 0 Å². The molecular formula is C15H29NO2. The minimum Gasteiger partial charge on any atom is -0.377 e. The van der Waals surface area contributed by atoms with E-state index in [0.29, 0.717) is 18.3 Å². The van der Waals surface area contributed by atoms with E-state index in [1.807, 2.05) is 0 Å². The van der Waals surface area contributed by atoms with Crippen LogP contribution in [0.3, 0.4) is 0 Å². The number of nitrogens with one attached hydrogen (secondary N) is 1. The van der Waals surface area contributed by atoms with Crippen molar-refractivity contribution in [2.45, 2.75) is 70.7 Å². The predicted octanol–water partition coefficient (Wildman–Crippen LogP) is 2.74. The van der Waals surface area contributed by atoms with Crippen LogP contribution in [-0.2, 0) is 9.47 Å². The van der Waals surface area contributed by atoms with E-state index in [2.05, 4.69) is 19.2 Å². The van der Waals surface area contributed by atoms with E-state index in [1.54, 1.807) is 0 Å². The normalized spacial score (nSPS) is 34.0. The molecule has 1 saturated carbocycles. The summed E-state index contributed by atoms with van der Waals surface area (Å²) in [5.41, 5.74) is 0. The van der Waals surface area contributed by atoms with Gasteiger partial charge in [0.2, 0.25) is 0 Å². The molecule has 0 aromatic carbocycles. The Bertz CT molecular complexity index is 219. The van der Waals surface area contributed by atoms with Gasteiger partial charge in [-0.25, -0.2) is 0 Å². The van der Waals surface area contributed by atoms with Gasteiger partial charge in [0.05, 0.1) is 24.9 Å². The number of hydrogen-bond donors (Lipinski definition) is 1. The van der Waals surface area contributed by atoms with E-state index in [-0.39, 0.29) is 0 Å². The van der Waals surface area contributed by atoms with Crippen molar-refractivity contribution in [3.63, 3.8) is 0 Å². The summed E-state index contributed by atoms with van der Waals surface area (Å²) >= 11 is 0. The third kappa shape index (κ3) is 4.87. The van der Waals surface area contributed by atoms with Crippen molar-refractivity contribution in [2.75, 3.05) is 19.7 Å². The summed E-state index contributed by atoms with van der Waals surface area (Å²) < 4.78 is 11.7. The van der Waals surface area contributed by atoms with Crippen molar-refractivity contribution >= 4 is 0 Å². The van der Waals surface area contributed by atoms with Gasteiger partial charge in [0.1, 0.15) is 0 Å². The van der Waals surface area contributed by atoms with Crippen LogP contribution in [0.5, 0.6) is 0 Å². The van der Waals surface area contributed by atoms with Gasteiger partial charge in [-0.15, -0.1) is 0 Å². The molecule has 0 bridgehead atoms. The molecule has 2 rings (SSSR count). The van der Waals surface area contributed by atoms with Crippen molar-refractivity contribution in [3.8, 4) is 0 Å². The van der Waals surface area contributed by atoms with Gasteiger partial charge in [0.15, 0.2) is 0 Å². The van der Waals surface area contributed by atoms with Crippen molar-refractivity contribution in [1.82, 2.24) is 5.32 Å². The molecular weight excluding hydrogens is 226 g/mol. The second-order valence-electron chi connectivity index (χ2n) is 6.08. The SMILES string of the molecule is CC1CC(OCCNCC2CCCC2)CC(C)O1. The Labute approximate surface area is 112 Å². The average Bonchev–Trinajstić information content (AvgIpc) is 2.80. The van der Waals surface area contributed by atoms with Gasteiger partial charge < -0.3 is 14.8 Å². The molecule has 1 aliphatic heterocycles. The lowest BCUT2D eigenvalue weighted by Gasteiger charge is -2.32. The third-order valence-corrected chi connectivity index (χ3v) is 4.19. The molecule has 1 saturated heterocycles. The maximum absolute atomic E-state index is 5.95. The summed E-state index contributed by atoms with van der Waals surface area (Å²) in [4.78, 5) is 0. The molecule has 3 heteroatoms. The van der Waals surface area contributed by atoms with E-state index in [1.165, 1.54) is 32.2 Å². The lowest BCUT2D eigenvalue weighted by Crippen LogP contribution is -2.35. The smallest absolute Gasteiger partial charge is 0.0625 e. The summed E-state index contributed by atoms with van der Waals surface area (Å²) in [5, 5.41) is 3.53. The molecule has 0 aromatic heterocycles. The summed E-state index contributed by atoms with van der Waals surface area (Å²) in [6, 6.07) is 0. The summed E-state index contributed by atoms with van der Waals surface area (Å²) in [6.45, 7) is 7.31. The third-order valence-electron chi connectivity index (χ3n) is 4.19. The van der Waals surface area contributed by atoms with E-state index in [4.69, 9.17) is 9.47 Å². The van der Waals surface area contributed by atoms with Crippen LogP contribution in [0.15, 0.2) is 0 Å². The molecule has 106 valence electrons. The van der Waals surface area contributed by atoms with E-state index >= 15 is 0 Å². The molecule has 2 unspecified atom stereocenters. The highest BCUT2D eigenvalue weighted by Crippen LogP contribution is 2.23. The molecule has 0 spiro atoms.